The maximum atomic E-state index is 11.9. The number of hydrogen-bond acceptors (Lipinski definition) is 3. The molecule has 3 amide bonds. The van der Waals surface area contributed by atoms with Crippen LogP contribution in [0.25, 0.3) is 0 Å². The van der Waals surface area contributed by atoms with Crippen LogP contribution in [-0.2, 0) is 9.59 Å². The molecule has 0 aromatic heterocycles. The van der Waals surface area contributed by atoms with Gasteiger partial charge in [-0.15, -0.1) is 0 Å². The molecule has 1 aliphatic rings. The van der Waals surface area contributed by atoms with E-state index in [4.69, 9.17) is 5.11 Å². The number of rotatable bonds is 4. The highest BCUT2D eigenvalue weighted by Gasteiger charge is 2.24. The predicted molar refractivity (Wildman–Crippen MR) is 68.6 cm³/mol. The number of nitrogens with one attached hydrogen (secondary N) is 1. The lowest BCUT2D eigenvalue weighted by atomic mass is 10.1. The first kappa shape index (κ1) is 15.3. The van der Waals surface area contributed by atoms with Crippen LogP contribution in [0, 0.1) is 5.92 Å². The summed E-state index contributed by atoms with van der Waals surface area (Å²) in [5.74, 6) is -1.61. The zero-order valence-electron chi connectivity index (χ0n) is 11.4. The van der Waals surface area contributed by atoms with Crippen LogP contribution in [0.3, 0.4) is 0 Å². The quantitative estimate of drug-likeness (QED) is 0.751. The van der Waals surface area contributed by atoms with E-state index in [2.05, 4.69) is 5.32 Å². The zero-order chi connectivity index (χ0) is 14.4. The molecule has 7 nitrogen and oxygen atoms in total. The summed E-state index contributed by atoms with van der Waals surface area (Å²) in [5.41, 5.74) is 0. The minimum atomic E-state index is -0.922. The number of carboxylic acids is 1. The smallest absolute Gasteiger partial charge is 0.317 e. The second-order valence-electron chi connectivity index (χ2n) is 4.72. The largest absolute Gasteiger partial charge is 0.481 e. The lowest BCUT2D eigenvalue weighted by Crippen LogP contribution is -2.45. The summed E-state index contributed by atoms with van der Waals surface area (Å²) in [6.45, 7) is 3.04. The molecule has 0 aromatic rings. The number of nitrogens with zero attached hydrogens (tertiary/aromatic N) is 2. The van der Waals surface area contributed by atoms with E-state index in [0.29, 0.717) is 19.5 Å². The van der Waals surface area contributed by atoms with Crippen LogP contribution in [0.4, 0.5) is 4.79 Å². The van der Waals surface area contributed by atoms with Gasteiger partial charge in [0.2, 0.25) is 5.91 Å². The molecule has 1 unspecified atom stereocenters. The van der Waals surface area contributed by atoms with Gasteiger partial charge in [-0.05, 0) is 12.8 Å². The summed E-state index contributed by atoms with van der Waals surface area (Å²) in [4.78, 5) is 37.4. The molecule has 1 rings (SSSR count). The Bertz CT molecular complexity index is 359. The highest BCUT2D eigenvalue weighted by atomic mass is 16.4. The summed E-state index contributed by atoms with van der Waals surface area (Å²) in [5, 5.41) is 11.5. The van der Waals surface area contributed by atoms with Crippen LogP contribution in [0.5, 0.6) is 0 Å². The Kier molecular flexibility index (Phi) is 5.59. The first-order valence-corrected chi connectivity index (χ1v) is 6.45. The van der Waals surface area contributed by atoms with E-state index in [1.54, 1.807) is 18.9 Å². The van der Waals surface area contributed by atoms with Crippen LogP contribution < -0.4 is 5.32 Å². The summed E-state index contributed by atoms with van der Waals surface area (Å²) in [7, 11) is 1.71. The number of carbonyl (C=O) groups is 3. The fraction of sp³-hybridized carbons (Fsp3) is 0.750. The molecule has 0 aliphatic carbocycles. The third kappa shape index (κ3) is 4.42. The van der Waals surface area contributed by atoms with Crippen molar-refractivity contribution in [2.45, 2.75) is 19.8 Å². The van der Waals surface area contributed by atoms with Gasteiger partial charge in [0.1, 0.15) is 6.54 Å². The maximum Gasteiger partial charge on any atom is 0.317 e. The van der Waals surface area contributed by atoms with Gasteiger partial charge >= 0.3 is 12.0 Å². The molecule has 0 aromatic carbocycles. The second kappa shape index (κ2) is 6.96. The number of likely N-dealkylation sites (N-methyl/N-ethyl adjacent to an activating group) is 1. The van der Waals surface area contributed by atoms with Crippen LogP contribution >= 0.6 is 0 Å². The summed E-state index contributed by atoms with van der Waals surface area (Å²) in [6, 6.07) is -0.372. The van der Waals surface area contributed by atoms with E-state index in [-0.39, 0.29) is 25.0 Å². The molecular formula is C12H21N3O4. The average Bonchev–Trinajstić information content (AvgIpc) is 2.52. The van der Waals surface area contributed by atoms with Crippen molar-refractivity contribution in [1.29, 1.82) is 0 Å². The van der Waals surface area contributed by atoms with E-state index < -0.39 is 11.9 Å². The summed E-state index contributed by atoms with van der Waals surface area (Å²) >= 11 is 0. The van der Waals surface area contributed by atoms with Gasteiger partial charge in [0.15, 0.2) is 0 Å². The fourth-order valence-electron chi connectivity index (χ4n) is 1.89. The molecule has 7 heteroatoms. The normalized spacial score (nSPS) is 17.9. The average molecular weight is 271 g/mol. The van der Waals surface area contributed by atoms with Gasteiger partial charge in [-0.25, -0.2) is 4.79 Å². The van der Waals surface area contributed by atoms with Crippen LogP contribution in [0.1, 0.15) is 19.8 Å². The molecule has 1 fully saturated rings. The Morgan fingerprint density at radius 2 is 2.11 bits per heavy atom. The Morgan fingerprint density at radius 3 is 2.68 bits per heavy atom. The number of aliphatic carboxylic acids is 1. The van der Waals surface area contributed by atoms with Crippen LogP contribution in [0.15, 0.2) is 0 Å². The van der Waals surface area contributed by atoms with E-state index in [9.17, 15) is 14.4 Å². The van der Waals surface area contributed by atoms with Crippen LogP contribution in [0.2, 0.25) is 0 Å². The first-order valence-electron chi connectivity index (χ1n) is 6.45. The van der Waals surface area contributed by atoms with Gasteiger partial charge in [-0.1, -0.05) is 6.92 Å². The second-order valence-corrected chi connectivity index (χ2v) is 4.72. The molecular weight excluding hydrogens is 250 g/mol. The molecule has 2 N–H and O–H groups in total. The Hall–Kier alpha value is -1.79. The van der Waals surface area contributed by atoms with Crippen molar-refractivity contribution in [3.8, 4) is 0 Å². The van der Waals surface area contributed by atoms with Crippen molar-refractivity contribution >= 4 is 17.9 Å². The van der Waals surface area contributed by atoms with Crippen molar-refractivity contribution in [2.75, 3.05) is 33.2 Å². The lowest BCUT2D eigenvalue weighted by Gasteiger charge is -2.21. The highest BCUT2D eigenvalue weighted by Crippen LogP contribution is 2.04. The Morgan fingerprint density at radius 1 is 1.42 bits per heavy atom. The van der Waals surface area contributed by atoms with Crippen molar-refractivity contribution in [2.24, 2.45) is 5.92 Å². The topological polar surface area (TPSA) is 90.0 Å². The van der Waals surface area contributed by atoms with Gasteiger partial charge in [-0.2, -0.15) is 0 Å². The molecule has 0 bridgehead atoms. The van der Waals surface area contributed by atoms with Gasteiger partial charge in [0.05, 0.1) is 5.92 Å². The number of urea groups is 1. The molecule has 1 aliphatic heterocycles. The molecule has 1 saturated heterocycles. The molecule has 108 valence electrons. The van der Waals surface area contributed by atoms with Crippen molar-refractivity contribution in [1.82, 2.24) is 15.1 Å². The first-order chi connectivity index (χ1) is 8.95. The Labute approximate surface area is 112 Å². The van der Waals surface area contributed by atoms with Gasteiger partial charge in [-0.3, -0.25) is 9.59 Å². The van der Waals surface area contributed by atoms with Crippen molar-refractivity contribution in [3.63, 3.8) is 0 Å². The van der Waals surface area contributed by atoms with Crippen LogP contribution in [-0.4, -0.2) is 66.0 Å². The predicted octanol–water partition coefficient (Wildman–Crippen LogP) is -0.0291. The highest BCUT2D eigenvalue weighted by molar-refractivity contribution is 5.84. The van der Waals surface area contributed by atoms with E-state index in [0.717, 1.165) is 6.42 Å². The third-order valence-corrected chi connectivity index (χ3v) is 3.30. The minimum absolute atomic E-state index is 0.0478. The Balaban J connectivity index is 2.48. The number of hydrogen-bond donors (Lipinski definition) is 2. The van der Waals surface area contributed by atoms with E-state index in [1.807, 2.05) is 0 Å². The SMILES string of the molecule is CCC(CNC(=O)N1CCCN(C)C(=O)C1)C(=O)O. The lowest BCUT2D eigenvalue weighted by molar-refractivity contribution is -0.141. The molecule has 0 saturated carbocycles. The molecule has 19 heavy (non-hydrogen) atoms. The van der Waals surface area contributed by atoms with Gasteiger partial charge in [0, 0.05) is 26.7 Å². The van der Waals surface area contributed by atoms with E-state index in [1.165, 1.54) is 4.90 Å². The zero-order valence-corrected chi connectivity index (χ0v) is 11.4. The molecule has 0 radical (unpaired) electrons. The van der Waals surface area contributed by atoms with Gasteiger partial charge in [0.25, 0.3) is 0 Å². The van der Waals surface area contributed by atoms with Gasteiger partial charge < -0.3 is 20.2 Å². The summed E-state index contributed by atoms with van der Waals surface area (Å²) in [6.07, 6.45) is 1.18. The molecule has 1 heterocycles. The molecule has 1 atom stereocenters. The number of carboxylic acid groups (broad SMARTS) is 1. The van der Waals surface area contributed by atoms with Crippen molar-refractivity contribution < 1.29 is 19.5 Å². The third-order valence-electron chi connectivity index (χ3n) is 3.30. The monoisotopic (exact) mass is 271 g/mol. The fourth-order valence-corrected chi connectivity index (χ4v) is 1.89. The van der Waals surface area contributed by atoms with E-state index >= 15 is 0 Å². The summed E-state index contributed by atoms with van der Waals surface area (Å²) < 4.78 is 0. The number of carbonyl (C=O) groups excluding carboxylic acids is 2. The minimum Gasteiger partial charge on any atom is -0.481 e. The van der Waals surface area contributed by atoms with Crippen molar-refractivity contribution in [3.05, 3.63) is 0 Å². The number of amides is 3. The maximum absolute atomic E-state index is 11.9. The standard InChI is InChI=1S/C12H21N3O4/c1-3-9(11(17)18)7-13-12(19)15-6-4-5-14(2)10(16)8-15/h9H,3-8H2,1-2H3,(H,13,19)(H,17,18). The molecule has 0 spiro atoms.